The van der Waals surface area contributed by atoms with Crippen LogP contribution >= 0.6 is 11.3 Å². The van der Waals surface area contributed by atoms with Crippen LogP contribution in [0.25, 0.3) is 10.1 Å². The van der Waals surface area contributed by atoms with Gasteiger partial charge in [-0.05, 0) is 73.2 Å². The number of ketones is 1. The van der Waals surface area contributed by atoms with Crippen molar-refractivity contribution in [3.05, 3.63) is 82.5 Å². The summed E-state index contributed by atoms with van der Waals surface area (Å²) in [6.07, 6.45) is 0.186. The first-order valence-corrected chi connectivity index (χ1v) is 10.7. The molecule has 0 spiro atoms. The number of carbonyl (C=O) groups is 3. The number of benzene rings is 3. The Labute approximate surface area is 192 Å². The Balaban J connectivity index is 1.76. The van der Waals surface area contributed by atoms with Crippen molar-refractivity contribution in [1.29, 1.82) is 0 Å². The largest absolute Gasteiger partial charge is 0.497 e. The van der Waals surface area contributed by atoms with Crippen molar-refractivity contribution < 1.29 is 28.2 Å². The number of hydrogen-bond acceptors (Lipinski definition) is 6. The lowest BCUT2D eigenvalue weighted by Gasteiger charge is -2.10. The van der Waals surface area contributed by atoms with Crippen molar-refractivity contribution >= 4 is 45.1 Å². The van der Waals surface area contributed by atoms with Gasteiger partial charge in [0.15, 0.2) is 5.75 Å². The molecular formula is C25H18FNO5S. The van der Waals surface area contributed by atoms with E-state index in [9.17, 15) is 18.8 Å². The van der Waals surface area contributed by atoms with Crippen LogP contribution in [0.4, 0.5) is 10.1 Å². The average molecular weight is 463 g/mol. The lowest BCUT2D eigenvalue weighted by atomic mass is 10.0. The zero-order valence-electron chi connectivity index (χ0n) is 17.7. The molecule has 4 rings (SSSR count). The number of aryl methyl sites for hydroxylation is 1. The van der Waals surface area contributed by atoms with Crippen LogP contribution in [0, 0.1) is 12.7 Å². The van der Waals surface area contributed by atoms with Gasteiger partial charge in [0.05, 0.1) is 7.11 Å². The second-order valence-electron chi connectivity index (χ2n) is 7.14. The number of rotatable bonds is 7. The zero-order valence-corrected chi connectivity index (χ0v) is 18.5. The van der Waals surface area contributed by atoms with Gasteiger partial charge in [0.25, 0.3) is 5.91 Å². The van der Waals surface area contributed by atoms with Crippen LogP contribution < -0.4 is 14.8 Å². The van der Waals surface area contributed by atoms with Gasteiger partial charge in [-0.15, -0.1) is 11.3 Å². The van der Waals surface area contributed by atoms with Crippen LogP contribution in [-0.4, -0.2) is 25.1 Å². The molecule has 0 aliphatic rings. The Kier molecular flexibility index (Phi) is 6.19. The number of amides is 1. The first kappa shape index (κ1) is 22.2. The molecule has 33 heavy (non-hydrogen) atoms. The van der Waals surface area contributed by atoms with Gasteiger partial charge in [-0.2, -0.15) is 0 Å². The Hall–Kier alpha value is -4.04. The normalized spacial score (nSPS) is 10.6. The third kappa shape index (κ3) is 4.61. The number of aldehydes is 1. The minimum Gasteiger partial charge on any atom is -0.497 e. The van der Waals surface area contributed by atoms with E-state index in [2.05, 4.69) is 5.32 Å². The monoisotopic (exact) mass is 463 g/mol. The first-order valence-electron chi connectivity index (χ1n) is 9.85. The minimum atomic E-state index is -0.760. The van der Waals surface area contributed by atoms with Crippen molar-refractivity contribution in [2.24, 2.45) is 0 Å². The summed E-state index contributed by atoms with van der Waals surface area (Å²) in [6, 6.07) is 15.8. The van der Waals surface area contributed by atoms with Gasteiger partial charge in [-0.3, -0.25) is 14.4 Å². The maximum absolute atomic E-state index is 13.6. The number of halogens is 1. The maximum atomic E-state index is 13.6. The topological polar surface area (TPSA) is 81.7 Å². The van der Waals surface area contributed by atoms with Gasteiger partial charge in [0.2, 0.25) is 12.1 Å². The highest BCUT2D eigenvalue weighted by molar-refractivity contribution is 7.21. The standard InChI is InChI=1S/C25H18FNO5S/c1-14-11-15(26)3-9-19(14)23(30)25-24(20-10-8-18(31-2)12-21(20)33-25)32-17-6-4-16(5-7-17)27-22(29)13-28/h3-13H,1-2H3,(H,27,29). The van der Waals surface area contributed by atoms with Crippen LogP contribution in [0.15, 0.2) is 60.7 Å². The predicted octanol–water partition coefficient (Wildman–Crippen LogP) is 5.52. The second kappa shape index (κ2) is 9.22. The van der Waals surface area contributed by atoms with E-state index in [0.717, 1.165) is 10.1 Å². The van der Waals surface area contributed by atoms with Crippen molar-refractivity contribution in [3.8, 4) is 17.2 Å². The Bertz CT molecular complexity index is 1380. The summed E-state index contributed by atoms with van der Waals surface area (Å²) >= 11 is 1.26. The number of nitrogens with one attached hydrogen (secondary N) is 1. The molecule has 1 amide bonds. The summed E-state index contributed by atoms with van der Waals surface area (Å²) in [6.45, 7) is 1.68. The number of carbonyl (C=O) groups excluding carboxylic acids is 3. The van der Waals surface area contributed by atoms with Crippen LogP contribution in [0.3, 0.4) is 0 Å². The molecular weight excluding hydrogens is 445 g/mol. The average Bonchev–Trinajstić information content (AvgIpc) is 3.17. The van der Waals surface area contributed by atoms with Gasteiger partial charge in [0, 0.05) is 21.3 Å². The summed E-state index contributed by atoms with van der Waals surface area (Å²) in [4.78, 5) is 35.6. The molecule has 6 nitrogen and oxygen atoms in total. The van der Waals surface area contributed by atoms with E-state index in [1.807, 2.05) is 12.1 Å². The maximum Gasteiger partial charge on any atom is 0.288 e. The minimum absolute atomic E-state index is 0.186. The molecule has 0 bridgehead atoms. The molecule has 4 aromatic rings. The fraction of sp³-hybridized carbons (Fsp3) is 0.0800. The lowest BCUT2D eigenvalue weighted by Crippen LogP contribution is -2.11. The quantitative estimate of drug-likeness (QED) is 0.222. The van der Waals surface area contributed by atoms with E-state index < -0.39 is 11.7 Å². The van der Waals surface area contributed by atoms with Crippen molar-refractivity contribution in [3.63, 3.8) is 0 Å². The molecule has 1 aromatic heterocycles. The molecule has 0 atom stereocenters. The first-order chi connectivity index (χ1) is 15.9. The number of thiophene rings is 1. The fourth-order valence-corrected chi connectivity index (χ4v) is 4.44. The zero-order chi connectivity index (χ0) is 23.5. The lowest BCUT2D eigenvalue weighted by molar-refractivity contribution is -0.127. The van der Waals surface area contributed by atoms with Gasteiger partial charge in [-0.1, -0.05) is 0 Å². The highest BCUT2D eigenvalue weighted by atomic mass is 32.1. The molecule has 0 fully saturated rings. The highest BCUT2D eigenvalue weighted by Gasteiger charge is 2.23. The summed E-state index contributed by atoms with van der Waals surface area (Å²) in [5, 5.41) is 3.15. The number of ether oxygens (including phenoxy) is 2. The van der Waals surface area contributed by atoms with E-state index in [1.165, 1.54) is 29.5 Å². The smallest absolute Gasteiger partial charge is 0.288 e. The fourth-order valence-electron chi connectivity index (χ4n) is 3.33. The Morgan fingerprint density at radius 2 is 1.73 bits per heavy atom. The van der Waals surface area contributed by atoms with E-state index in [-0.39, 0.29) is 12.1 Å². The number of hydrogen-bond donors (Lipinski definition) is 1. The number of fused-ring (bicyclic) bond motifs is 1. The highest BCUT2D eigenvalue weighted by Crippen LogP contribution is 2.43. The molecule has 0 saturated heterocycles. The van der Waals surface area contributed by atoms with Gasteiger partial charge >= 0.3 is 0 Å². The van der Waals surface area contributed by atoms with Gasteiger partial charge in [-0.25, -0.2) is 4.39 Å². The van der Waals surface area contributed by atoms with Crippen molar-refractivity contribution in [1.82, 2.24) is 0 Å². The number of anilines is 1. The molecule has 0 radical (unpaired) electrons. The van der Waals surface area contributed by atoms with Crippen molar-refractivity contribution in [2.75, 3.05) is 12.4 Å². The summed E-state index contributed by atoms with van der Waals surface area (Å²) in [5.74, 6) is -0.0111. The van der Waals surface area contributed by atoms with Crippen LogP contribution in [0.1, 0.15) is 20.8 Å². The van der Waals surface area contributed by atoms with E-state index in [4.69, 9.17) is 9.47 Å². The van der Waals surface area contributed by atoms with E-state index in [1.54, 1.807) is 44.4 Å². The Morgan fingerprint density at radius 3 is 2.39 bits per heavy atom. The molecule has 166 valence electrons. The van der Waals surface area contributed by atoms with Crippen LogP contribution in [-0.2, 0) is 9.59 Å². The van der Waals surface area contributed by atoms with Crippen LogP contribution in [0.5, 0.6) is 17.2 Å². The van der Waals surface area contributed by atoms with Gasteiger partial charge in [0.1, 0.15) is 22.2 Å². The number of methoxy groups -OCH3 is 1. The second-order valence-corrected chi connectivity index (χ2v) is 8.20. The molecule has 0 saturated carbocycles. The molecule has 8 heteroatoms. The summed E-state index contributed by atoms with van der Waals surface area (Å²) < 4.78 is 25.8. The van der Waals surface area contributed by atoms with Gasteiger partial charge < -0.3 is 14.8 Å². The summed E-state index contributed by atoms with van der Waals surface area (Å²) in [7, 11) is 1.56. The van der Waals surface area contributed by atoms with E-state index in [0.29, 0.717) is 38.9 Å². The summed E-state index contributed by atoms with van der Waals surface area (Å²) in [5.41, 5.74) is 1.33. The molecule has 1 N–H and O–H groups in total. The third-order valence-corrected chi connectivity index (χ3v) is 6.07. The van der Waals surface area contributed by atoms with Crippen LogP contribution in [0.2, 0.25) is 0 Å². The molecule has 1 heterocycles. The molecule has 0 aliphatic heterocycles. The molecule has 3 aromatic carbocycles. The molecule has 0 unspecified atom stereocenters. The Morgan fingerprint density at radius 1 is 1.00 bits per heavy atom. The third-order valence-electron chi connectivity index (χ3n) is 4.94. The molecule has 0 aliphatic carbocycles. The van der Waals surface area contributed by atoms with Crippen molar-refractivity contribution in [2.45, 2.75) is 6.92 Å². The van der Waals surface area contributed by atoms with E-state index >= 15 is 0 Å². The SMILES string of the molecule is COc1ccc2c(Oc3ccc(NC(=O)C=O)cc3)c(C(=O)c3ccc(F)cc3C)sc2c1. The predicted molar refractivity (Wildman–Crippen MR) is 124 cm³/mol.